The molecule has 8 nitrogen and oxygen atoms in total. The van der Waals surface area contributed by atoms with E-state index in [1.807, 2.05) is 38.4 Å². The molecule has 0 saturated carbocycles. The Labute approximate surface area is 182 Å². The van der Waals surface area contributed by atoms with E-state index < -0.39 is 9.84 Å². The summed E-state index contributed by atoms with van der Waals surface area (Å²) in [5, 5.41) is 4.20. The summed E-state index contributed by atoms with van der Waals surface area (Å²) in [5.41, 5.74) is 10.1. The highest BCUT2D eigenvalue weighted by molar-refractivity contribution is 7.90. The lowest BCUT2D eigenvalue weighted by molar-refractivity contribution is 0.310. The number of nitrogen functional groups attached to an aromatic ring is 1. The summed E-state index contributed by atoms with van der Waals surface area (Å²) in [6.07, 6.45) is 6.90. The Morgan fingerprint density at radius 2 is 2.00 bits per heavy atom. The van der Waals surface area contributed by atoms with E-state index in [-0.39, 0.29) is 11.7 Å². The van der Waals surface area contributed by atoms with Crippen LogP contribution in [-0.2, 0) is 23.3 Å². The van der Waals surface area contributed by atoms with Crippen LogP contribution in [0.2, 0.25) is 0 Å². The third kappa shape index (κ3) is 5.55. The minimum atomic E-state index is -3.26. The molecule has 0 saturated heterocycles. The molecule has 0 aliphatic carbocycles. The van der Waals surface area contributed by atoms with Gasteiger partial charge in [-0.1, -0.05) is 6.07 Å². The molecule has 0 fully saturated rings. The van der Waals surface area contributed by atoms with Gasteiger partial charge in [-0.25, -0.2) is 8.42 Å². The number of methoxy groups -OCH3 is 1. The van der Waals surface area contributed by atoms with Crippen LogP contribution in [0.25, 0.3) is 11.1 Å². The Bertz CT molecular complexity index is 1160. The number of nitrogens with zero attached hydrogens (tertiary/aromatic N) is 3. The number of pyridine rings is 1. The molecule has 0 unspecified atom stereocenters. The van der Waals surface area contributed by atoms with Crippen LogP contribution in [0.15, 0.2) is 42.9 Å². The van der Waals surface area contributed by atoms with Crippen LogP contribution in [0.5, 0.6) is 11.5 Å². The number of ether oxygens (including phenoxy) is 2. The van der Waals surface area contributed by atoms with Crippen molar-refractivity contribution >= 4 is 15.5 Å². The van der Waals surface area contributed by atoms with Gasteiger partial charge in [0.2, 0.25) is 0 Å². The molecular weight excluding hydrogens is 416 g/mol. The van der Waals surface area contributed by atoms with Crippen molar-refractivity contribution in [3.05, 3.63) is 54.1 Å². The van der Waals surface area contributed by atoms with Gasteiger partial charge < -0.3 is 15.2 Å². The number of benzene rings is 1. The van der Waals surface area contributed by atoms with Crippen LogP contribution in [0.3, 0.4) is 0 Å². The Balaban J connectivity index is 2.01. The lowest BCUT2D eigenvalue weighted by Gasteiger charge is -2.20. The number of rotatable bonds is 9. The van der Waals surface area contributed by atoms with Gasteiger partial charge in [0, 0.05) is 42.7 Å². The predicted octanol–water partition coefficient (Wildman–Crippen LogP) is 2.84. The average molecular weight is 445 g/mol. The van der Waals surface area contributed by atoms with Gasteiger partial charge in [-0.15, -0.1) is 0 Å². The summed E-state index contributed by atoms with van der Waals surface area (Å²) in [7, 11) is 0.148. The van der Waals surface area contributed by atoms with E-state index in [1.54, 1.807) is 30.3 Å². The van der Waals surface area contributed by atoms with Crippen LogP contribution < -0.4 is 15.2 Å². The fraction of sp³-hybridized carbons (Fsp3) is 0.364. The molecule has 0 amide bonds. The third-order valence-electron chi connectivity index (χ3n) is 4.99. The molecule has 2 aromatic heterocycles. The lowest BCUT2D eigenvalue weighted by atomic mass is 9.93. The van der Waals surface area contributed by atoms with Crippen molar-refractivity contribution < 1.29 is 17.9 Å². The number of hydrogen-bond acceptors (Lipinski definition) is 7. The van der Waals surface area contributed by atoms with E-state index in [9.17, 15) is 8.42 Å². The SMILES string of the molecule is CCOc1cc([C@H](Cc2nccc(-c3cnn(C)c3)c2N)CS(C)(=O)=O)ccc1OC. The number of sulfone groups is 1. The summed E-state index contributed by atoms with van der Waals surface area (Å²) in [6.45, 7) is 2.35. The summed E-state index contributed by atoms with van der Waals surface area (Å²) < 4.78 is 37.1. The smallest absolute Gasteiger partial charge is 0.161 e. The van der Waals surface area contributed by atoms with E-state index in [0.717, 1.165) is 16.7 Å². The van der Waals surface area contributed by atoms with Crippen LogP contribution in [-0.4, -0.2) is 48.9 Å². The molecule has 31 heavy (non-hydrogen) atoms. The second-order valence-corrected chi connectivity index (χ2v) is 9.64. The van der Waals surface area contributed by atoms with Crippen LogP contribution in [0.1, 0.15) is 24.1 Å². The van der Waals surface area contributed by atoms with Crippen LogP contribution in [0.4, 0.5) is 5.69 Å². The zero-order chi connectivity index (χ0) is 22.6. The largest absolute Gasteiger partial charge is 0.493 e. The highest BCUT2D eigenvalue weighted by atomic mass is 32.2. The molecule has 0 aliphatic rings. The van der Waals surface area contributed by atoms with Gasteiger partial charge in [0.1, 0.15) is 9.84 Å². The molecule has 9 heteroatoms. The predicted molar refractivity (Wildman–Crippen MR) is 121 cm³/mol. The third-order valence-corrected chi connectivity index (χ3v) is 6.00. The molecule has 2 N–H and O–H groups in total. The highest BCUT2D eigenvalue weighted by Gasteiger charge is 2.22. The number of aromatic nitrogens is 3. The lowest BCUT2D eigenvalue weighted by Crippen LogP contribution is -2.17. The van der Waals surface area contributed by atoms with Crippen molar-refractivity contribution in [3.63, 3.8) is 0 Å². The quantitative estimate of drug-likeness (QED) is 0.540. The second-order valence-electron chi connectivity index (χ2n) is 7.46. The van der Waals surface area contributed by atoms with E-state index in [1.165, 1.54) is 6.26 Å². The van der Waals surface area contributed by atoms with Crippen molar-refractivity contribution in [2.24, 2.45) is 7.05 Å². The van der Waals surface area contributed by atoms with Gasteiger partial charge in [-0.2, -0.15) is 5.10 Å². The number of hydrogen-bond donors (Lipinski definition) is 1. The van der Waals surface area contributed by atoms with Gasteiger partial charge >= 0.3 is 0 Å². The average Bonchev–Trinajstić information content (AvgIpc) is 3.14. The highest BCUT2D eigenvalue weighted by Crippen LogP contribution is 2.35. The minimum absolute atomic E-state index is 0.0386. The number of aryl methyl sites for hydroxylation is 1. The standard InChI is InChI=1S/C22H28N4O4S/c1-5-30-21-11-15(6-7-20(21)29-3)16(14-31(4,27)28)10-19-22(23)18(8-9-24-19)17-12-25-26(2)13-17/h6-9,11-13,16H,5,10,14,23H2,1-4H3/t16-/m1/s1. The zero-order valence-corrected chi connectivity index (χ0v) is 19.0. The maximum atomic E-state index is 12.2. The fourth-order valence-corrected chi connectivity index (χ4v) is 4.62. The maximum Gasteiger partial charge on any atom is 0.161 e. The molecule has 0 bridgehead atoms. The first-order valence-corrected chi connectivity index (χ1v) is 12.0. The summed E-state index contributed by atoms with van der Waals surface area (Å²) in [5.74, 6) is 0.786. The van der Waals surface area contributed by atoms with E-state index >= 15 is 0 Å². The first kappa shape index (κ1) is 22.6. The maximum absolute atomic E-state index is 12.2. The summed E-state index contributed by atoms with van der Waals surface area (Å²) in [4.78, 5) is 4.46. The van der Waals surface area contributed by atoms with Gasteiger partial charge in [0.15, 0.2) is 11.5 Å². The molecule has 2 heterocycles. The first-order chi connectivity index (χ1) is 14.7. The van der Waals surface area contributed by atoms with E-state index in [0.29, 0.717) is 35.9 Å². The monoisotopic (exact) mass is 444 g/mol. The van der Waals surface area contributed by atoms with Crippen LogP contribution >= 0.6 is 0 Å². The molecule has 1 atom stereocenters. The van der Waals surface area contributed by atoms with E-state index in [2.05, 4.69) is 10.1 Å². The second kappa shape index (κ2) is 9.38. The Morgan fingerprint density at radius 3 is 2.61 bits per heavy atom. The number of nitrogens with two attached hydrogens (primary N) is 1. The van der Waals surface area contributed by atoms with Crippen molar-refractivity contribution in [1.82, 2.24) is 14.8 Å². The zero-order valence-electron chi connectivity index (χ0n) is 18.2. The number of anilines is 1. The molecule has 166 valence electrons. The summed E-state index contributed by atoms with van der Waals surface area (Å²) in [6, 6.07) is 7.32. The molecule has 0 aliphatic heterocycles. The van der Waals surface area contributed by atoms with Gasteiger partial charge in [0.05, 0.1) is 37.0 Å². The van der Waals surface area contributed by atoms with Gasteiger partial charge in [-0.05, 0) is 37.1 Å². The minimum Gasteiger partial charge on any atom is -0.493 e. The first-order valence-electron chi connectivity index (χ1n) is 9.92. The normalized spacial score (nSPS) is 12.5. The topological polar surface area (TPSA) is 109 Å². The molecule has 3 aromatic rings. The molecule has 0 spiro atoms. The Morgan fingerprint density at radius 1 is 1.23 bits per heavy atom. The molecule has 0 radical (unpaired) electrons. The van der Waals surface area contributed by atoms with Crippen LogP contribution in [0, 0.1) is 0 Å². The summed E-state index contributed by atoms with van der Waals surface area (Å²) >= 11 is 0. The van der Waals surface area contributed by atoms with Crippen molar-refractivity contribution in [2.45, 2.75) is 19.3 Å². The Kier molecular flexibility index (Phi) is 6.84. The van der Waals surface area contributed by atoms with Crippen molar-refractivity contribution in [1.29, 1.82) is 0 Å². The van der Waals surface area contributed by atoms with Crippen molar-refractivity contribution in [2.75, 3.05) is 31.5 Å². The fourth-order valence-electron chi connectivity index (χ4n) is 3.58. The van der Waals surface area contributed by atoms with Crippen molar-refractivity contribution in [3.8, 4) is 22.6 Å². The van der Waals surface area contributed by atoms with E-state index in [4.69, 9.17) is 15.2 Å². The molecule has 3 rings (SSSR count). The molecular formula is C22H28N4O4S. The van der Waals surface area contributed by atoms with Gasteiger partial charge in [0.25, 0.3) is 0 Å². The van der Waals surface area contributed by atoms with Gasteiger partial charge in [-0.3, -0.25) is 9.67 Å². The molecule has 1 aromatic carbocycles. The Hall–Kier alpha value is -3.07.